The van der Waals surface area contributed by atoms with Gasteiger partial charge in [-0.15, -0.1) is 0 Å². The van der Waals surface area contributed by atoms with E-state index in [4.69, 9.17) is 5.11 Å². The summed E-state index contributed by atoms with van der Waals surface area (Å²) in [5.74, 6) is -0.133. The first-order valence-corrected chi connectivity index (χ1v) is 3.84. The van der Waals surface area contributed by atoms with E-state index in [1.54, 1.807) is 6.20 Å². The molecule has 0 aliphatic carbocycles. The number of rotatable bonds is 2. The van der Waals surface area contributed by atoms with E-state index in [1.165, 1.54) is 11.8 Å². The number of hydrogen-bond donors (Lipinski definition) is 1. The van der Waals surface area contributed by atoms with Crippen molar-refractivity contribution in [1.29, 1.82) is 0 Å². The van der Waals surface area contributed by atoms with Gasteiger partial charge < -0.3 is 10.0 Å². The number of carbonyl (C=O) groups is 1. The smallest absolute Gasteiger partial charge is 0.343 e. The third kappa shape index (κ3) is 1.44. The lowest BCUT2D eigenvalue weighted by molar-refractivity contribution is -0.131. The maximum atomic E-state index is 10.3. The molecule has 0 saturated heterocycles. The van der Waals surface area contributed by atoms with E-state index in [9.17, 15) is 4.79 Å². The Morgan fingerprint density at radius 3 is 3.00 bits per heavy atom. The summed E-state index contributed by atoms with van der Waals surface area (Å²) in [5.41, 5.74) is 0. The number of nitrogens with zero attached hydrogens (tertiary/aromatic N) is 1. The predicted octanol–water partition coefficient (Wildman–Crippen LogP) is 0.753. The van der Waals surface area contributed by atoms with Gasteiger partial charge in [0.15, 0.2) is 0 Å². The second kappa shape index (κ2) is 2.96. The molecule has 0 unspecified atom stereocenters. The Bertz CT molecular complexity index is 179. The fraction of sp³-hybridized carbons (Fsp3) is 0.333. The quantitative estimate of drug-likeness (QED) is 0.644. The summed E-state index contributed by atoms with van der Waals surface area (Å²) in [4.78, 5) is 12.6. The lowest BCUT2D eigenvalue weighted by Crippen LogP contribution is -2.11. The molecule has 0 spiro atoms. The minimum absolute atomic E-state index is 0.406. The van der Waals surface area contributed by atoms with Crippen LogP contribution < -0.4 is 0 Å². The highest BCUT2D eigenvalue weighted by Crippen LogP contribution is 2.24. The van der Waals surface area contributed by atoms with Crippen molar-refractivity contribution in [2.45, 2.75) is 0 Å². The molecule has 1 heterocycles. The van der Waals surface area contributed by atoms with Gasteiger partial charge in [0.05, 0.1) is 5.88 Å². The Morgan fingerprint density at radius 1 is 2.00 bits per heavy atom. The van der Waals surface area contributed by atoms with Crippen LogP contribution in [0.2, 0.25) is 0 Å². The molecule has 1 aliphatic heterocycles. The number of aliphatic carboxylic acids is 1. The Labute approximate surface area is 63.7 Å². The van der Waals surface area contributed by atoms with Crippen LogP contribution in [0.3, 0.4) is 0 Å². The first kappa shape index (κ1) is 7.47. The van der Waals surface area contributed by atoms with E-state index in [-0.39, 0.29) is 0 Å². The summed E-state index contributed by atoms with van der Waals surface area (Å²) in [6.45, 7) is 4.27. The molecule has 0 aromatic carbocycles. The molecule has 1 radical (unpaired) electrons. The van der Waals surface area contributed by atoms with Crippen LogP contribution in [0, 0.1) is 6.92 Å². The molecular weight excluding hydrogens is 150 g/mol. The molecule has 1 N–H and O–H groups in total. The average Bonchev–Trinajstić information content (AvgIpc) is 2.34. The van der Waals surface area contributed by atoms with Crippen LogP contribution in [0.1, 0.15) is 0 Å². The van der Waals surface area contributed by atoms with Crippen molar-refractivity contribution in [2.75, 3.05) is 12.4 Å². The standard InChI is InChI=1S/C6H8NO2S/c1-2-7-3-5(6(8)9)10-4-7/h3H,1-2,4H2,(H,8,9). The number of carboxylic acid groups (broad SMARTS) is 1. The highest BCUT2D eigenvalue weighted by atomic mass is 32.2. The minimum Gasteiger partial charge on any atom is -0.477 e. The zero-order valence-corrected chi connectivity index (χ0v) is 6.23. The SMILES string of the molecule is [CH2]CN1C=C(C(=O)O)SC1. The first-order valence-electron chi connectivity index (χ1n) is 2.85. The summed E-state index contributed by atoms with van der Waals surface area (Å²) in [7, 11) is 0. The van der Waals surface area contributed by atoms with E-state index < -0.39 is 5.97 Å². The highest BCUT2D eigenvalue weighted by Gasteiger charge is 2.16. The Kier molecular flexibility index (Phi) is 2.21. The zero-order chi connectivity index (χ0) is 7.56. The monoisotopic (exact) mass is 158 g/mol. The lowest BCUT2D eigenvalue weighted by Gasteiger charge is -2.08. The van der Waals surface area contributed by atoms with Crippen LogP contribution in [0.4, 0.5) is 0 Å². The van der Waals surface area contributed by atoms with Crippen molar-refractivity contribution in [1.82, 2.24) is 4.90 Å². The van der Waals surface area contributed by atoms with Crippen LogP contribution >= 0.6 is 11.8 Å². The van der Waals surface area contributed by atoms with Gasteiger partial charge in [-0.3, -0.25) is 0 Å². The maximum Gasteiger partial charge on any atom is 0.343 e. The summed E-state index contributed by atoms with van der Waals surface area (Å²) < 4.78 is 0. The van der Waals surface area contributed by atoms with Crippen LogP contribution in [0.25, 0.3) is 0 Å². The van der Waals surface area contributed by atoms with Crippen molar-refractivity contribution in [3.05, 3.63) is 18.0 Å². The molecule has 55 valence electrons. The van der Waals surface area contributed by atoms with Crippen LogP contribution in [-0.2, 0) is 4.79 Å². The van der Waals surface area contributed by atoms with Crippen molar-refractivity contribution in [3.8, 4) is 0 Å². The average molecular weight is 158 g/mol. The maximum absolute atomic E-state index is 10.3. The van der Waals surface area contributed by atoms with Gasteiger partial charge in [0, 0.05) is 12.7 Å². The van der Waals surface area contributed by atoms with Gasteiger partial charge in [0.25, 0.3) is 0 Å². The molecule has 0 aromatic rings. The van der Waals surface area contributed by atoms with E-state index in [0.717, 1.165) is 0 Å². The molecule has 0 fully saturated rings. The van der Waals surface area contributed by atoms with E-state index in [2.05, 4.69) is 6.92 Å². The van der Waals surface area contributed by atoms with Crippen molar-refractivity contribution in [3.63, 3.8) is 0 Å². The number of carboxylic acids is 1. The highest BCUT2D eigenvalue weighted by molar-refractivity contribution is 8.04. The molecule has 0 saturated carbocycles. The molecule has 3 nitrogen and oxygen atoms in total. The number of hydrogen-bond acceptors (Lipinski definition) is 3. The lowest BCUT2D eigenvalue weighted by atomic mass is 10.5. The van der Waals surface area contributed by atoms with Gasteiger partial charge in [-0.1, -0.05) is 11.8 Å². The molecule has 0 aromatic heterocycles. The number of thioether (sulfide) groups is 1. The van der Waals surface area contributed by atoms with Gasteiger partial charge in [-0.2, -0.15) is 0 Å². The summed E-state index contributed by atoms with van der Waals surface area (Å²) in [6.07, 6.45) is 1.62. The van der Waals surface area contributed by atoms with Crippen LogP contribution in [0.15, 0.2) is 11.1 Å². The van der Waals surface area contributed by atoms with Gasteiger partial charge in [0.2, 0.25) is 0 Å². The van der Waals surface area contributed by atoms with Gasteiger partial charge >= 0.3 is 5.97 Å². The fourth-order valence-electron chi connectivity index (χ4n) is 0.639. The topological polar surface area (TPSA) is 40.5 Å². The second-order valence-electron chi connectivity index (χ2n) is 1.88. The molecule has 1 aliphatic rings. The molecule has 0 atom stereocenters. The Balaban J connectivity index is 2.57. The first-order chi connectivity index (χ1) is 4.74. The van der Waals surface area contributed by atoms with Crippen LogP contribution in [-0.4, -0.2) is 28.4 Å². The molecule has 4 heteroatoms. The molecule has 0 bridgehead atoms. The van der Waals surface area contributed by atoms with Crippen LogP contribution in [0.5, 0.6) is 0 Å². The Morgan fingerprint density at radius 2 is 2.70 bits per heavy atom. The van der Waals surface area contributed by atoms with E-state index in [1.807, 2.05) is 4.90 Å². The van der Waals surface area contributed by atoms with Crippen molar-refractivity contribution in [2.24, 2.45) is 0 Å². The zero-order valence-electron chi connectivity index (χ0n) is 5.41. The third-order valence-corrected chi connectivity index (χ3v) is 2.24. The fourth-order valence-corrected chi connectivity index (χ4v) is 1.49. The largest absolute Gasteiger partial charge is 0.477 e. The molecule has 10 heavy (non-hydrogen) atoms. The van der Waals surface area contributed by atoms with Crippen molar-refractivity contribution < 1.29 is 9.90 Å². The third-order valence-electron chi connectivity index (χ3n) is 1.18. The summed E-state index contributed by atoms with van der Waals surface area (Å²) in [5, 5.41) is 8.49. The molecule has 0 amide bonds. The van der Waals surface area contributed by atoms with Gasteiger partial charge in [-0.25, -0.2) is 4.79 Å². The molecular formula is C6H8NO2S. The summed E-state index contributed by atoms with van der Waals surface area (Å²) in [6, 6.07) is 0. The van der Waals surface area contributed by atoms with Gasteiger partial charge in [0.1, 0.15) is 4.91 Å². The predicted molar refractivity (Wildman–Crippen MR) is 40.2 cm³/mol. The van der Waals surface area contributed by atoms with Crippen molar-refractivity contribution >= 4 is 17.7 Å². The van der Waals surface area contributed by atoms with E-state index >= 15 is 0 Å². The van der Waals surface area contributed by atoms with E-state index in [0.29, 0.717) is 17.3 Å². The minimum atomic E-state index is -0.846. The summed E-state index contributed by atoms with van der Waals surface area (Å²) >= 11 is 1.33. The second-order valence-corrected chi connectivity index (χ2v) is 2.87. The van der Waals surface area contributed by atoms with Gasteiger partial charge in [-0.05, 0) is 6.92 Å². The molecule has 1 rings (SSSR count). The Hall–Kier alpha value is -0.640. The normalized spacial score (nSPS) is 17.3.